The minimum atomic E-state index is -0.134. The Morgan fingerprint density at radius 1 is 1.07 bits per heavy atom. The van der Waals surface area contributed by atoms with Crippen LogP contribution in [0.5, 0.6) is 0 Å². The molecule has 0 aliphatic carbocycles. The van der Waals surface area contributed by atoms with E-state index in [1.165, 1.54) is 11.1 Å². The van der Waals surface area contributed by atoms with E-state index >= 15 is 0 Å². The van der Waals surface area contributed by atoms with Gasteiger partial charge in [0.05, 0.1) is 13.2 Å². The highest BCUT2D eigenvalue weighted by atomic mass is 16.6. The number of amides is 2. The van der Waals surface area contributed by atoms with E-state index in [2.05, 4.69) is 39.2 Å². The molecule has 40 heavy (non-hydrogen) atoms. The smallest absolute Gasteiger partial charge is 0.410 e. The zero-order valence-electron chi connectivity index (χ0n) is 23.8. The molecule has 9 nitrogen and oxygen atoms in total. The van der Waals surface area contributed by atoms with E-state index in [0.29, 0.717) is 31.5 Å². The summed E-state index contributed by atoms with van der Waals surface area (Å²) in [5.41, 5.74) is 4.18. The minimum Gasteiger partial charge on any atom is -0.444 e. The third-order valence-corrected chi connectivity index (χ3v) is 10.4. The number of fused-ring (bicyclic) bond motifs is 4. The van der Waals surface area contributed by atoms with Gasteiger partial charge in [-0.2, -0.15) is 5.10 Å². The fourth-order valence-electron chi connectivity index (χ4n) is 8.16. The van der Waals surface area contributed by atoms with Crippen LogP contribution in [0.4, 0.5) is 4.79 Å². The van der Waals surface area contributed by atoms with Crippen molar-refractivity contribution in [3.05, 3.63) is 52.8 Å². The second kappa shape index (κ2) is 10.2. The van der Waals surface area contributed by atoms with Gasteiger partial charge in [0, 0.05) is 57.2 Å². The topological polar surface area (TPSA) is 80.1 Å². The fraction of sp³-hybridized carbons (Fsp3) is 0.645. The van der Waals surface area contributed by atoms with Gasteiger partial charge in [0.1, 0.15) is 6.10 Å². The van der Waals surface area contributed by atoms with Gasteiger partial charge < -0.3 is 24.2 Å². The van der Waals surface area contributed by atoms with E-state index < -0.39 is 0 Å². The van der Waals surface area contributed by atoms with Gasteiger partial charge >= 0.3 is 6.09 Å². The largest absolute Gasteiger partial charge is 0.444 e. The maximum absolute atomic E-state index is 13.6. The maximum atomic E-state index is 13.6. The van der Waals surface area contributed by atoms with Gasteiger partial charge in [0.15, 0.2) is 5.69 Å². The molecule has 4 fully saturated rings. The Morgan fingerprint density at radius 2 is 1.82 bits per heavy atom. The molecule has 1 aromatic heterocycles. The molecule has 0 saturated carbocycles. The SMILES string of the molecule is Cc1cc(C(=O)N2Cc3ccccc3C3(CCN(C4CC5CCC(C4)N5C(=O)O[C@@H]4CCOC4)CC3)C2)nn1C.[HH]. The standard InChI is InChI=1S/C31H41N5O4.H2/c1-21-15-28(32-33(21)2)29(37)35-18-22-5-3-4-6-27(22)31(20-35)10-12-34(13-11-31)25-16-23-7-8-24(17-25)36(23)30(38)40-26-9-14-39-19-26;/h3-6,15,23-26H,7-14,16-20H2,1-2H3;1H/t23?,24?,25?,26-;/m1./s1. The number of hydrogen-bond donors (Lipinski definition) is 0. The monoisotopic (exact) mass is 549 g/mol. The lowest BCUT2D eigenvalue weighted by atomic mass is 9.68. The number of ether oxygens (including phenoxy) is 2. The number of aromatic nitrogens is 2. The summed E-state index contributed by atoms with van der Waals surface area (Å²) < 4.78 is 13.0. The Balaban J connectivity index is 0.00000302. The normalized spacial score (nSPS) is 29.6. The van der Waals surface area contributed by atoms with Crippen LogP contribution >= 0.6 is 0 Å². The molecule has 2 aromatic rings. The van der Waals surface area contributed by atoms with Crippen molar-refractivity contribution in [3.63, 3.8) is 0 Å². The zero-order chi connectivity index (χ0) is 27.4. The minimum absolute atomic E-state index is 0. The predicted octanol–water partition coefficient (Wildman–Crippen LogP) is 3.89. The Morgan fingerprint density at radius 3 is 2.50 bits per heavy atom. The molecule has 5 aliphatic rings. The summed E-state index contributed by atoms with van der Waals surface area (Å²) in [6, 6.07) is 11.7. The molecule has 6 heterocycles. The number of nitrogens with zero attached hydrogens (tertiary/aromatic N) is 5. The summed E-state index contributed by atoms with van der Waals surface area (Å²) in [6.45, 7) is 6.62. The summed E-state index contributed by atoms with van der Waals surface area (Å²) in [7, 11) is 1.89. The van der Waals surface area contributed by atoms with Crippen molar-refractivity contribution >= 4 is 12.0 Å². The van der Waals surface area contributed by atoms with Crippen molar-refractivity contribution in [3.8, 4) is 0 Å². The molecule has 0 radical (unpaired) electrons. The molecule has 2 amide bonds. The second-order valence-corrected chi connectivity index (χ2v) is 12.7. The van der Waals surface area contributed by atoms with Gasteiger partial charge in [-0.25, -0.2) is 4.79 Å². The van der Waals surface area contributed by atoms with Crippen LogP contribution in [0.2, 0.25) is 0 Å². The number of rotatable bonds is 3. The Bertz CT molecular complexity index is 1250. The summed E-state index contributed by atoms with van der Waals surface area (Å²) in [5.74, 6) is 0.0278. The first-order valence-corrected chi connectivity index (χ1v) is 15.1. The lowest BCUT2D eigenvalue weighted by molar-refractivity contribution is 0.00544. The second-order valence-electron chi connectivity index (χ2n) is 12.7. The highest BCUT2D eigenvalue weighted by molar-refractivity contribution is 5.92. The highest BCUT2D eigenvalue weighted by Crippen LogP contribution is 2.45. The van der Waals surface area contributed by atoms with Crippen LogP contribution in [0.25, 0.3) is 0 Å². The van der Waals surface area contributed by atoms with E-state index in [9.17, 15) is 9.59 Å². The van der Waals surface area contributed by atoms with Crippen LogP contribution in [-0.4, -0.2) is 93.6 Å². The van der Waals surface area contributed by atoms with Gasteiger partial charge in [-0.1, -0.05) is 24.3 Å². The molecule has 7 rings (SSSR count). The molecule has 9 heteroatoms. The third-order valence-electron chi connectivity index (χ3n) is 10.4. The molecule has 2 bridgehead atoms. The fourth-order valence-corrected chi connectivity index (χ4v) is 8.16. The van der Waals surface area contributed by atoms with Crippen molar-refractivity contribution < 1.29 is 20.5 Å². The number of benzene rings is 1. The molecular weight excluding hydrogens is 506 g/mol. The first kappa shape index (κ1) is 26.0. The van der Waals surface area contributed by atoms with Gasteiger partial charge in [-0.3, -0.25) is 9.48 Å². The molecule has 3 atom stereocenters. The highest BCUT2D eigenvalue weighted by Gasteiger charge is 2.49. The van der Waals surface area contributed by atoms with Crippen LogP contribution in [0, 0.1) is 6.92 Å². The van der Waals surface area contributed by atoms with Crippen LogP contribution < -0.4 is 0 Å². The molecular formula is C31H43N5O4. The number of carbonyl (C=O) groups is 2. The third kappa shape index (κ3) is 4.51. The van der Waals surface area contributed by atoms with E-state index in [0.717, 1.165) is 70.3 Å². The average Bonchev–Trinajstić information content (AvgIpc) is 3.66. The number of hydrogen-bond acceptors (Lipinski definition) is 6. The molecule has 1 aromatic carbocycles. The van der Waals surface area contributed by atoms with Crippen molar-refractivity contribution in [1.82, 2.24) is 24.5 Å². The van der Waals surface area contributed by atoms with E-state index in [1.807, 2.05) is 24.9 Å². The van der Waals surface area contributed by atoms with Crippen molar-refractivity contribution in [2.24, 2.45) is 7.05 Å². The van der Waals surface area contributed by atoms with Gasteiger partial charge in [0.25, 0.3) is 5.91 Å². The molecule has 2 unspecified atom stereocenters. The van der Waals surface area contributed by atoms with Crippen LogP contribution in [0.1, 0.15) is 73.7 Å². The summed E-state index contributed by atoms with van der Waals surface area (Å²) in [4.78, 5) is 33.4. The quantitative estimate of drug-likeness (QED) is 0.578. The van der Waals surface area contributed by atoms with Gasteiger partial charge in [0.2, 0.25) is 0 Å². The summed E-state index contributed by atoms with van der Waals surface area (Å²) >= 11 is 0. The molecule has 5 aliphatic heterocycles. The van der Waals surface area contributed by atoms with E-state index in [-0.39, 0.29) is 37.0 Å². The van der Waals surface area contributed by atoms with Crippen molar-refractivity contribution in [1.29, 1.82) is 0 Å². The molecule has 216 valence electrons. The van der Waals surface area contributed by atoms with Gasteiger partial charge in [-0.15, -0.1) is 0 Å². The lowest BCUT2D eigenvalue weighted by Crippen LogP contribution is -2.57. The predicted molar refractivity (Wildman–Crippen MR) is 151 cm³/mol. The number of carbonyl (C=O) groups excluding carboxylic acids is 2. The number of aryl methyl sites for hydroxylation is 2. The van der Waals surface area contributed by atoms with Crippen molar-refractivity contribution in [2.75, 3.05) is 32.8 Å². The average molecular weight is 550 g/mol. The first-order valence-electron chi connectivity index (χ1n) is 15.1. The lowest BCUT2D eigenvalue weighted by Gasteiger charge is -2.51. The first-order chi connectivity index (χ1) is 19.4. The molecule has 0 N–H and O–H groups in total. The Labute approximate surface area is 237 Å². The van der Waals surface area contributed by atoms with E-state index in [1.54, 1.807) is 4.68 Å². The van der Waals surface area contributed by atoms with Crippen molar-refractivity contribution in [2.45, 2.75) is 88.1 Å². The zero-order valence-corrected chi connectivity index (χ0v) is 23.8. The Hall–Kier alpha value is -2.91. The van der Waals surface area contributed by atoms with Crippen LogP contribution in [0.15, 0.2) is 30.3 Å². The van der Waals surface area contributed by atoms with E-state index in [4.69, 9.17) is 9.47 Å². The number of piperidine rings is 2. The summed E-state index contributed by atoms with van der Waals surface area (Å²) in [5, 5.41) is 4.49. The molecule has 4 saturated heterocycles. The summed E-state index contributed by atoms with van der Waals surface area (Å²) in [6.07, 6.45) is 6.86. The van der Waals surface area contributed by atoms with Gasteiger partial charge in [-0.05, 0) is 75.7 Å². The maximum Gasteiger partial charge on any atom is 0.410 e. The Kier molecular flexibility index (Phi) is 6.62. The number of likely N-dealkylation sites (tertiary alicyclic amines) is 1. The molecule has 1 spiro atoms. The van der Waals surface area contributed by atoms with Crippen LogP contribution in [0.3, 0.4) is 0 Å². The van der Waals surface area contributed by atoms with Crippen LogP contribution in [-0.2, 0) is 28.5 Å².